The van der Waals surface area contributed by atoms with E-state index in [9.17, 15) is 13.2 Å². The molecule has 0 radical (unpaired) electrons. The third kappa shape index (κ3) is 3.81. The maximum absolute atomic E-state index is 12.9. The monoisotopic (exact) mass is 332 g/mol. The number of hydrogen-bond donors (Lipinski definition) is 0. The minimum Gasteiger partial charge on any atom is -0.465 e. The van der Waals surface area contributed by atoms with Gasteiger partial charge < -0.3 is 4.74 Å². The van der Waals surface area contributed by atoms with Crippen LogP contribution in [0.2, 0.25) is 0 Å². The molecule has 1 heterocycles. The third-order valence-corrected chi connectivity index (χ3v) is 6.82. The highest BCUT2D eigenvalue weighted by Gasteiger charge is 2.41. The average molecular weight is 332 g/mol. The van der Waals surface area contributed by atoms with Crippen LogP contribution in [0.1, 0.15) is 58.3 Å². The molecule has 1 atom stereocenters. The predicted molar refractivity (Wildman–Crippen MR) is 84.5 cm³/mol. The van der Waals surface area contributed by atoms with Crippen LogP contribution in [0.5, 0.6) is 0 Å². The van der Waals surface area contributed by atoms with E-state index < -0.39 is 22.2 Å². The summed E-state index contributed by atoms with van der Waals surface area (Å²) in [6.45, 7) is 2.43. The predicted octanol–water partition coefficient (Wildman–Crippen LogP) is 1.91. The summed E-state index contributed by atoms with van der Waals surface area (Å²) in [4.78, 5) is 12.1. The SMILES string of the molecule is CCOC(=O)C1CCCCN1S(=O)(=O)N(C)C1CCCCC1. The fourth-order valence-electron chi connectivity index (χ4n) is 3.45. The molecule has 1 saturated carbocycles. The Bertz CT molecular complexity index is 474. The number of carbonyl (C=O) groups excluding carboxylic acids is 1. The Kier molecular flexibility index (Phi) is 6.23. The molecule has 2 aliphatic rings. The van der Waals surface area contributed by atoms with Crippen LogP contribution in [-0.2, 0) is 19.7 Å². The highest BCUT2D eigenvalue weighted by atomic mass is 32.2. The molecule has 7 heteroatoms. The van der Waals surface area contributed by atoms with Crippen LogP contribution in [0.15, 0.2) is 0 Å². The van der Waals surface area contributed by atoms with Gasteiger partial charge in [0.25, 0.3) is 10.2 Å². The van der Waals surface area contributed by atoms with Gasteiger partial charge in [0, 0.05) is 19.6 Å². The summed E-state index contributed by atoms with van der Waals surface area (Å²) >= 11 is 0. The minimum atomic E-state index is -3.61. The molecule has 0 spiro atoms. The summed E-state index contributed by atoms with van der Waals surface area (Å²) in [6.07, 6.45) is 7.37. The van der Waals surface area contributed by atoms with Crippen LogP contribution in [0.25, 0.3) is 0 Å². The van der Waals surface area contributed by atoms with E-state index in [0.717, 1.165) is 38.5 Å². The van der Waals surface area contributed by atoms with Gasteiger partial charge in [-0.05, 0) is 39.0 Å². The van der Waals surface area contributed by atoms with E-state index in [1.54, 1.807) is 14.0 Å². The Morgan fingerprint density at radius 2 is 1.77 bits per heavy atom. The molecular formula is C15H28N2O4S. The van der Waals surface area contributed by atoms with E-state index in [2.05, 4.69) is 0 Å². The van der Waals surface area contributed by atoms with E-state index in [-0.39, 0.29) is 12.6 Å². The molecule has 1 aliphatic carbocycles. The zero-order valence-electron chi connectivity index (χ0n) is 13.7. The number of esters is 1. The first kappa shape index (κ1) is 17.7. The fraction of sp³-hybridized carbons (Fsp3) is 0.933. The zero-order valence-corrected chi connectivity index (χ0v) is 14.5. The topological polar surface area (TPSA) is 66.9 Å². The average Bonchev–Trinajstić information content (AvgIpc) is 2.55. The molecule has 1 unspecified atom stereocenters. The molecule has 22 heavy (non-hydrogen) atoms. The first-order valence-electron chi connectivity index (χ1n) is 8.40. The largest absolute Gasteiger partial charge is 0.465 e. The Labute approximate surface area is 134 Å². The van der Waals surface area contributed by atoms with Crippen molar-refractivity contribution in [1.29, 1.82) is 0 Å². The first-order chi connectivity index (χ1) is 10.5. The molecule has 1 aliphatic heterocycles. The van der Waals surface area contributed by atoms with Gasteiger partial charge in [-0.2, -0.15) is 17.0 Å². The summed E-state index contributed by atoms with van der Waals surface area (Å²) < 4.78 is 33.8. The normalized spacial score (nSPS) is 25.3. The van der Waals surface area contributed by atoms with Crippen LogP contribution < -0.4 is 0 Å². The third-order valence-electron chi connectivity index (χ3n) is 4.76. The highest BCUT2D eigenvalue weighted by Crippen LogP contribution is 2.28. The van der Waals surface area contributed by atoms with Gasteiger partial charge >= 0.3 is 5.97 Å². The second-order valence-corrected chi connectivity index (χ2v) is 8.13. The summed E-state index contributed by atoms with van der Waals surface area (Å²) in [5.41, 5.74) is 0. The van der Waals surface area contributed by atoms with Crippen molar-refractivity contribution in [2.24, 2.45) is 0 Å². The van der Waals surface area contributed by atoms with Crippen LogP contribution in [0, 0.1) is 0 Å². The van der Waals surface area contributed by atoms with Crippen molar-refractivity contribution in [3.8, 4) is 0 Å². The lowest BCUT2D eigenvalue weighted by Gasteiger charge is -2.38. The molecule has 0 aromatic heterocycles. The lowest BCUT2D eigenvalue weighted by atomic mass is 9.96. The van der Waals surface area contributed by atoms with Crippen LogP contribution in [0.3, 0.4) is 0 Å². The van der Waals surface area contributed by atoms with Gasteiger partial charge in [-0.25, -0.2) is 0 Å². The van der Waals surface area contributed by atoms with E-state index >= 15 is 0 Å². The molecule has 0 N–H and O–H groups in total. The standard InChI is InChI=1S/C15H28N2O4S/c1-3-21-15(18)14-11-7-8-12-17(14)22(19,20)16(2)13-9-5-4-6-10-13/h13-14H,3-12H2,1-2H3. The van der Waals surface area contributed by atoms with E-state index in [1.165, 1.54) is 15.0 Å². The molecule has 0 bridgehead atoms. The van der Waals surface area contributed by atoms with Crippen LogP contribution >= 0.6 is 0 Å². The van der Waals surface area contributed by atoms with Gasteiger partial charge in [-0.1, -0.05) is 19.3 Å². The molecular weight excluding hydrogens is 304 g/mol. The second-order valence-electron chi connectivity index (χ2n) is 6.19. The van der Waals surface area contributed by atoms with E-state index in [0.29, 0.717) is 13.0 Å². The van der Waals surface area contributed by atoms with Gasteiger partial charge in [0.15, 0.2) is 0 Å². The van der Waals surface area contributed by atoms with E-state index in [1.807, 2.05) is 0 Å². The van der Waals surface area contributed by atoms with Crippen LogP contribution in [0.4, 0.5) is 0 Å². The summed E-state index contributed by atoms with van der Waals surface area (Å²) in [6, 6.07) is -0.603. The number of piperidine rings is 1. The maximum Gasteiger partial charge on any atom is 0.324 e. The van der Waals surface area contributed by atoms with Crippen molar-refractivity contribution in [2.75, 3.05) is 20.2 Å². The molecule has 1 saturated heterocycles. The molecule has 0 amide bonds. The van der Waals surface area contributed by atoms with Crippen LogP contribution in [-0.4, -0.2) is 55.3 Å². The number of nitrogens with zero attached hydrogens (tertiary/aromatic N) is 2. The smallest absolute Gasteiger partial charge is 0.324 e. The van der Waals surface area contributed by atoms with Crippen molar-refractivity contribution in [3.05, 3.63) is 0 Å². The van der Waals surface area contributed by atoms with Gasteiger partial charge in [0.1, 0.15) is 6.04 Å². The molecule has 128 valence electrons. The number of rotatable bonds is 5. The Hall–Kier alpha value is -0.660. The van der Waals surface area contributed by atoms with Crippen molar-refractivity contribution in [2.45, 2.75) is 70.4 Å². The summed E-state index contributed by atoms with van der Waals surface area (Å²) in [7, 11) is -1.95. The lowest BCUT2D eigenvalue weighted by Crippen LogP contribution is -2.55. The molecule has 0 aromatic carbocycles. The first-order valence-corrected chi connectivity index (χ1v) is 9.79. The second kappa shape index (κ2) is 7.75. The van der Waals surface area contributed by atoms with E-state index in [4.69, 9.17) is 4.74 Å². The summed E-state index contributed by atoms with van der Waals surface area (Å²) in [5, 5.41) is 0. The number of ether oxygens (including phenoxy) is 1. The summed E-state index contributed by atoms with van der Waals surface area (Å²) in [5.74, 6) is -0.414. The maximum atomic E-state index is 12.9. The lowest BCUT2D eigenvalue weighted by molar-refractivity contribution is -0.148. The minimum absolute atomic E-state index is 0.0588. The van der Waals surface area contributed by atoms with Crippen molar-refractivity contribution in [1.82, 2.24) is 8.61 Å². The number of carbonyl (C=O) groups is 1. The fourth-order valence-corrected chi connectivity index (χ4v) is 5.24. The molecule has 6 nitrogen and oxygen atoms in total. The van der Waals surface area contributed by atoms with Gasteiger partial charge in [-0.15, -0.1) is 0 Å². The molecule has 2 rings (SSSR count). The zero-order chi connectivity index (χ0) is 16.2. The Morgan fingerprint density at radius 3 is 2.41 bits per heavy atom. The van der Waals surface area contributed by atoms with Crippen molar-refractivity contribution < 1.29 is 17.9 Å². The van der Waals surface area contributed by atoms with Gasteiger partial charge in [0.05, 0.1) is 6.61 Å². The van der Waals surface area contributed by atoms with Gasteiger partial charge in [-0.3, -0.25) is 4.79 Å². The Balaban J connectivity index is 2.15. The quantitative estimate of drug-likeness (QED) is 0.721. The van der Waals surface area contributed by atoms with Gasteiger partial charge in [0.2, 0.25) is 0 Å². The Morgan fingerprint density at radius 1 is 1.14 bits per heavy atom. The molecule has 2 fully saturated rings. The molecule has 0 aromatic rings. The van der Waals surface area contributed by atoms with Crippen molar-refractivity contribution in [3.63, 3.8) is 0 Å². The van der Waals surface area contributed by atoms with Crippen molar-refractivity contribution >= 4 is 16.2 Å². The highest BCUT2D eigenvalue weighted by molar-refractivity contribution is 7.86. The number of hydrogen-bond acceptors (Lipinski definition) is 4.